The van der Waals surface area contributed by atoms with Crippen LogP contribution in [0.25, 0.3) is 0 Å². The van der Waals surface area contributed by atoms with Crippen molar-refractivity contribution < 1.29 is 0 Å². The van der Waals surface area contributed by atoms with Crippen LogP contribution in [-0.2, 0) is 18.5 Å². The minimum Gasteiger partial charge on any atom is -0.307 e. The van der Waals surface area contributed by atoms with Gasteiger partial charge in [-0.3, -0.25) is 4.57 Å². The lowest BCUT2D eigenvalue weighted by molar-refractivity contribution is 0.513. The summed E-state index contributed by atoms with van der Waals surface area (Å²) in [6.45, 7) is 2.77. The van der Waals surface area contributed by atoms with E-state index in [0.717, 1.165) is 39.4 Å². The molecule has 0 fully saturated rings. The van der Waals surface area contributed by atoms with Gasteiger partial charge in [0.15, 0.2) is 0 Å². The number of nitrogens with zero attached hydrogens (tertiary/aromatic N) is 4. The Balaban J connectivity index is 1.66. The molecule has 0 aliphatic carbocycles. The van der Waals surface area contributed by atoms with Crippen molar-refractivity contribution in [3.63, 3.8) is 0 Å². The van der Waals surface area contributed by atoms with E-state index in [1.807, 2.05) is 24.3 Å². The minimum absolute atomic E-state index is 0.595. The van der Waals surface area contributed by atoms with Crippen molar-refractivity contribution >= 4 is 27.6 Å². The molecule has 0 bridgehead atoms. The summed E-state index contributed by atoms with van der Waals surface area (Å²) in [5, 5.41) is 9.52. The number of hydrogen-bond acceptors (Lipinski definition) is 3. The smallest absolute Gasteiger partial charge is 0.212 e. The normalized spacial score (nSPS) is 11.2. The van der Waals surface area contributed by atoms with Crippen LogP contribution in [0.15, 0.2) is 150 Å². The van der Waals surface area contributed by atoms with Gasteiger partial charge in [-0.05, 0) is 74.4 Å². The third-order valence-electron chi connectivity index (χ3n) is 7.88. The van der Waals surface area contributed by atoms with Crippen molar-refractivity contribution in [3.05, 3.63) is 184 Å². The average Bonchev–Trinajstić information content (AvgIpc) is 3.46. The second kappa shape index (κ2) is 12.5. The Morgan fingerprint density at radius 2 is 1.26 bits per heavy atom. The number of imidazole rings is 1. The van der Waals surface area contributed by atoms with E-state index in [1.165, 1.54) is 11.1 Å². The van der Waals surface area contributed by atoms with Gasteiger partial charge in [-0.2, -0.15) is 5.26 Å². The molecule has 0 radical (unpaired) electrons. The molecular formula is C38H31BrN4. The van der Waals surface area contributed by atoms with Crippen LogP contribution in [0.3, 0.4) is 0 Å². The lowest BCUT2D eigenvalue weighted by Crippen LogP contribution is -2.39. The van der Waals surface area contributed by atoms with Gasteiger partial charge in [-0.1, -0.05) is 122 Å². The molecule has 1 heterocycles. The maximum Gasteiger partial charge on any atom is 0.212 e. The second-order valence-electron chi connectivity index (χ2n) is 10.5. The van der Waals surface area contributed by atoms with Crippen LogP contribution >= 0.6 is 15.9 Å². The fourth-order valence-corrected chi connectivity index (χ4v) is 6.22. The van der Waals surface area contributed by atoms with Gasteiger partial charge in [0, 0.05) is 11.9 Å². The summed E-state index contributed by atoms with van der Waals surface area (Å²) >= 11 is 3.76. The highest BCUT2D eigenvalue weighted by molar-refractivity contribution is 9.10. The molecule has 0 aliphatic heterocycles. The second-order valence-corrected chi connectivity index (χ2v) is 11.3. The first-order chi connectivity index (χ1) is 21.1. The van der Waals surface area contributed by atoms with Gasteiger partial charge in [0.25, 0.3) is 0 Å². The van der Waals surface area contributed by atoms with E-state index >= 15 is 0 Å². The number of benzene rings is 5. The Bertz CT molecular complexity index is 1740. The first-order valence-electron chi connectivity index (χ1n) is 14.4. The standard InChI is InChI=1S/C38H31BrN4/c1-2-29-13-12-14-31(25-29)27-42(35-23-21-30(26-40)22-24-35)37-41-36(39)28-43(37)38(32-15-6-3-7-16-32,33-17-8-4-9-18-33)34-19-10-5-11-20-34/h3-25,28H,2,27H2,1H3. The van der Waals surface area contributed by atoms with E-state index in [1.54, 1.807) is 0 Å². The molecule has 4 nitrogen and oxygen atoms in total. The number of rotatable bonds is 9. The zero-order chi connectivity index (χ0) is 29.6. The lowest BCUT2D eigenvalue weighted by Gasteiger charge is -2.40. The topological polar surface area (TPSA) is 44.9 Å². The molecule has 0 N–H and O–H groups in total. The van der Waals surface area contributed by atoms with Crippen LogP contribution in [0.4, 0.5) is 11.6 Å². The Morgan fingerprint density at radius 1 is 0.721 bits per heavy atom. The van der Waals surface area contributed by atoms with Gasteiger partial charge in [0.2, 0.25) is 5.95 Å². The third kappa shape index (κ3) is 5.50. The Kier molecular flexibility index (Phi) is 8.22. The van der Waals surface area contributed by atoms with Gasteiger partial charge in [-0.15, -0.1) is 0 Å². The summed E-state index contributed by atoms with van der Waals surface area (Å²) in [6, 6.07) is 50.6. The maximum absolute atomic E-state index is 9.52. The number of anilines is 2. The molecular weight excluding hydrogens is 592 g/mol. The highest BCUT2D eigenvalue weighted by atomic mass is 79.9. The van der Waals surface area contributed by atoms with E-state index in [-0.39, 0.29) is 0 Å². The van der Waals surface area contributed by atoms with E-state index in [9.17, 15) is 5.26 Å². The quantitative estimate of drug-likeness (QED) is 0.151. The molecule has 0 aliphatic rings. The predicted molar refractivity (Wildman–Crippen MR) is 177 cm³/mol. The largest absolute Gasteiger partial charge is 0.307 e. The van der Waals surface area contributed by atoms with Crippen molar-refractivity contribution in [2.75, 3.05) is 4.90 Å². The zero-order valence-corrected chi connectivity index (χ0v) is 25.5. The zero-order valence-electron chi connectivity index (χ0n) is 23.9. The summed E-state index contributed by atoms with van der Waals surface area (Å²) < 4.78 is 3.02. The highest BCUT2D eigenvalue weighted by Gasteiger charge is 2.41. The first-order valence-corrected chi connectivity index (χ1v) is 15.2. The summed E-state index contributed by atoms with van der Waals surface area (Å²) in [5.41, 5.74) is 6.64. The van der Waals surface area contributed by atoms with Gasteiger partial charge in [0.05, 0.1) is 18.2 Å². The fourth-order valence-electron chi connectivity index (χ4n) is 5.86. The monoisotopic (exact) mass is 622 g/mol. The third-order valence-corrected chi connectivity index (χ3v) is 8.27. The van der Waals surface area contributed by atoms with E-state index in [2.05, 4.69) is 160 Å². The van der Waals surface area contributed by atoms with Gasteiger partial charge < -0.3 is 4.90 Å². The molecule has 5 aromatic carbocycles. The molecule has 5 heteroatoms. The summed E-state index contributed by atoms with van der Waals surface area (Å²) in [6.07, 6.45) is 3.05. The van der Waals surface area contributed by atoms with Crippen LogP contribution in [0.2, 0.25) is 0 Å². The summed E-state index contributed by atoms with van der Waals surface area (Å²) in [5.74, 6) is 0.773. The number of aromatic nitrogens is 2. The highest BCUT2D eigenvalue weighted by Crippen LogP contribution is 2.45. The Labute approximate surface area is 261 Å². The van der Waals surface area contributed by atoms with E-state index in [4.69, 9.17) is 4.98 Å². The van der Waals surface area contributed by atoms with Gasteiger partial charge in [-0.25, -0.2) is 4.98 Å². The Hall–Kier alpha value is -4.92. The van der Waals surface area contributed by atoms with Crippen molar-refractivity contribution in [3.8, 4) is 6.07 Å². The van der Waals surface area contributed by atoms with Crippen LogP contribution < -0.4 is 4.90 Å². The molecule has 6 rings (SSSR count). The summed E-state index contributed by atoms with van der Waals surface area (Å²) in [7, 11) is 0. The fraction of sp³-hybridized carbons (Fsp3) is 0.105. The molecule has 210 valence electrons. The molecule has 6 aromatic rings. The van der Waals surface area contributed by atoms with Gasteiger partial charge >= 0.3 is 0 Å². The molecule has 43 heavy (non-hydrogen) atoms. The first kappa shape index (κ1) is 28.2. The van der Waals surface area contributed by atoms with Crippen LogP contribution in [0.1, 0.15) is 40.3 Å². The maximum atomic E-state index is 9.52. The number of nitriles is 1. The van der Waals surface area contributed by atoms with Gasteiger partial charge in [0.1, 0.15) is 10.1 Å². The minimum atomic E-state index is -0.742. The van der Waals surface area contributed by atoms with Crippen molar-refractivity contribution in [1.82, 2.24) is 9.55 Å². The molecule has 0 saturated heterocycles. The SMILES string of the molecule is CCc1cccc(CN(c2ccc(C#N)cc2)c2nc(Br)cn2C(c2ccccc2)(c2ccccc2)c2ccccc2)c1. The van der Waals surface area contributed by atoms with Crippen LogP contribution in [-0.4, -0.2) is 9.55 Å². The number of aryl methyl sites for hydroxylation is 1. The number of hydrogen-bond donors (Lipinski definition) is 0. The molecule has 0 saturated carbocycles. The van der Waals surface area contributed by atoms with Crippen molar-refractivity contribution in [2.45, 2.75) is 25.4 Å². The van der Waals surface area contributed by atoms with Crippen molar-refractivity contribution in [2.24, 2.45) is 0 Å². The van der Waals surface area contributed by atoms with E-state index < -0.39 is 5.54 Å². The number of halogens is 1. The molecule has 0 spiro atoms. The van der Waals surface area contributed by atoms with Crippen LogP contribution in [0.5, 0.6) is 0 Å². The van der Waals surface area contributed by atoms with Crippen molar-refractivity contribution in [1.29, 1.82) is 5.26 Å². The summed E-state index contributed by atoms with van der Waals surface area (Å²) in [4.78, 5) is 7.39. The Morgan fingerprint density at radius 3 is 1.77 bits per heavy atom. The predicted octanol–water partition coefficient (Wildman–Crippen LogP) is 9.26. The van der Waals surface area contributed by atoms with E-state index in [0.29, 0.717) is 12.1 Å². The average molecular weight is 624 g/mol. The molecule has 1 aromatic heterocycles. The molecule has 0 atom stereocenters. The molecule has 0 amide bonds. The molecule has 0 unspecified atom stereocenters. The van der Waals surface area contributed by atoms with Crippen LogP contribution in [0, 0.1) is 11.3 Å². The lowest BCUT2D eigenvalue weighted by atomic mass is 9.76.